The average molecular weight is 261 g/mol. The van der Waals surface area contributed by atoms with Crippen molar-refractivity contribution in [2.24, 2.45) is 0 Å². The third-order valence-electron chi connectivity index (χ3n) is 4.00. The highest BCUT2D eigenvalue weighted by atomic mass is 32.1. The fourth-order valence-corrected chi connectivity index (χ4v) is 3.94. The third kappa shape index (κ3) is 1.91. The van der Waals surface area contributed by atoms with E-state index in [1.54, 1.807) is 11.3 Å². The van der Waals surface area contributed by atoms with Gasteiger partial charge in [-0.2, -0.15) is 0 Å². The van der Waals surface area contributed by atoms with Crippen molar-refractivity contribution in [1.29, 1.82) is 0 Å². The second-order valence-corrected chi connectivity index (χ2v) is 6.39. The molecule has 2 N–H and O–H groups in total. The second-order valence-electron chi connectivity index (χ2n) is 5.22. The number of aryl methyl sites for hydroxylation is 3. The van der Waals surface area contributed by atoms with Gasteiger partial charge in [-0.15, -0.1) is 11.3 Å². The summed E-state index contributed by atoms with van der Waals surface area (Å²) in [5.41, 5.74) is 4.80. The summed E-state index contributed by atoms with van der Waals surface area (Å²) in [7, 11) is 0. The zero-order chi connectivity index (χ0) is 12.7. The minimum absolute atomic E-state index is 0.491. The van der Waals surface area contributed by atoms with Gasteiger partial charge in [0.2, 0.25) is 0 Å². The number of aliphatic hydroxyl groups excluding tert-OH is 1. The lowest BCUT2D eigenvalue weighted by Crippen LogP contribution is -1.99. The maximum Gasteiger partial charge on any atom is 0.128 e. The minimum Gasteiger partial charge on any atom is -0.381 e. The quantitative estimate of drug-likeness (QED) is 0.850. The minimum atomic E-state index is -0.491. The number of aromatic nitrogens is 1. The van der Waals surface area contributed by atoms with Crippen LogP contribution in [0.2, 0.25) is 0 Å². The van der Waals surface area contributed by atoms with Crippen molar-refractivity contribution >= 4 is 11.3 Å². The summed E-state index contributed by atoms with van der Waals surface area (Å²) in [6.45, 7) is 4.14. The number of aromatic amines is 1. The fourth-order valence-electron chi connectivity index (χ4n) is 2.69. The predicted molar refractivity (Wildman–Crippen MR) is 75.3 cm³/mol. The largest absolute Gasteiger partial charge is 0.381 e. The average Bonchev–Trinajstić information content (AvgIpc) is 2.94. The lowest BCUT2D eigenvalue weighted by Gasteiger charge is -2.08. The molecule has 2 aromatic heterocycles. The maximum atomic E-state index is 10.5. The number of hydrogen-bond acceptors (Lipinski definition) is 2. The van der Waals surface area contributed by atoms with Gasteiger partial charge in [-0.1, -0.05) is 0 Å². The molecule has 0 saturated carbocycles. The van der Waals surface area contributed by atoms with E-state index in [9.17, 15) is 5.11 Å². The Morgan fingerprint density at radius 3 is 2.72 bits per heavy atom. The van der Waals surface area contributed by atoms with E-state index in [-0.39, 0.29) is 0 Å². The van der Waals surface area contributed by atoms with Crippen LogP contribution in [-0.4, -0.2) is 10.1 Å². The molecule has 1 unspecified atom stereocenters. The standard InChI is InChI=1S/C15H19NOS/c1-9-8-16-14(10(9)2)15(17)13-7-11-5-3-4-6-12(11)18-13/h7-8,15-17H,3-6H2,1-2H3. The fraction of sp³-hybridized carbons (Fsp3) is 0.467. The van der Waals surface area contributed by atoms with Crippen molar-refractivity contribution in [3.63, 3.8) is 0 Å². The van der Waals surface area contributed by atoms with E-state index < -0.39 is 6.10 Å². The summed E-state index contributed by atoms with van der Waals surface area (Å²) in [6.07, 6.45) is 6.44. The Bertz CT molecular complexity index is 544. The molecule has 2 nitrogen and oxygen atoms in total. The highest BCUT2D eigenvalue weighted by molar-refractivity contribution is 7.12. The Balaban J connectivity index is 1.94. The number of H-pyrrole nitrogens is 1. The molecule has 0 bridgehead atoms. The van der Waals surface area contributed by atoms with Crippen LogP contribution in [0.4, 0.5) is 0 Å². The van der Waals surface area contributed by atoms with Crippen LogP contribution in [0.5, 0.6) is 0 Å². The summed E-state index contributed by atoms with van der Waals surface area (Å²) in [6, 6.07) is 2.21. The van der Waals surface area contributed by atoms with E-state index in [1.165, 1.54) is 47.3 Å². The Morgan fingerprint density at radius 1 is 1.28 bits per heavy atom. The van der Waals surface area contributed by atoms with Crippen molar-refractivity contribution in [3.05, 3.63) is 44.4 Å². The highest BCUT2D eigenvalue weighted by Crippen LogP contribution is 2.36. The Kier molecular flexibility index (Phi) is 3.04. The van der Waals surface area contributed by atoms with E-state index in [4.69, 9.17) is 0 Å². The number of nitrogens with one attached hydrogen (secondary N) is 1. The van der Waals surface area contributed by atoms with Gasteiger partial charge in [-0.3, -0.25) is 0 Å². The molecule has 0 spiro atoms. The van der Waals surface area contributed by atoms with Crippen LogP contribution in [-0.2, 0) is 12.8 Å². The molecule has 0 aliphatic heterocycles. The second kappa shape index (κ2) is 4.56. The molecule has 18 heavy (non-hydrogen) atoms. The number of fused-ring (bicyclic) bond motifs is 1. The summed E-state index contributed by atoms with van der Waals surface area (Å²) < 4.78 is 0. The zero-order valence-corrected chi connectivity index (χ0v) is 11.7. The lowest BCUT2D eigenvalue weighted by molar-refractivity contribution is 0.219. The Labute approximate surface area is 112 Å². The highest BCUT2D eigenvalue weighted by Gasteiger charge is 2.21. The van der Waals surface area contributed by atoms with Crippen LogP contribution >= 0.6 is 11.3 Å². The SMILES string of the molecule is Cc1c[nH]c(C(O)c2cc3c(s2)CCCC3)c1C. The predicted octanol–water partition coefficient (Wildman–Crippen LogP) is 3.65. The van der Waals surface area contributed by atoms with Crippen molar-refractivity contribution in [1.82, 2.24) is 4.98 Å². The molecule has 0 aromatic carbocycles. The Morgan fingerprint density at radius 2 is 2.06 bits per heavy atom. The zero-order valence-electron chi connectivity index (χ0n) is 10.9. The molecule has 3 rings (SSSR count). The van der Waals surface area contributed by atoms with Gasteiger partial charge in [-0.25, -0.2) is 0 Å². The molecule has 1 aliphatic carbocycles. The van der Waals surface area contributed by atoms with Crippen LogP contribution < -0.4 is 0 Å². The first-order valence-corrected chi connectivity index (χ1v) is 7.42. The molecule has 1 aliphatic rings. The summed E-state index contributed by atoms with van der Waals surface area (Å²) in [4.78, 5) is 5.78. The topological polar surface area (TPSA) is 36.0 Å². The van der Waals surface area contributed by atoms with Crippen molar-refractivity contribution in [3.8, 4) is 0 Å². The van der Waals surface area contributed by atoms with Gasteiger partial charge >= 0.3 is 0 Å². The molecular weight excluding hydrogens is 242 g/mol. The smallest absolute Gasteiger partial charge is 0.128 e. The number of thiophene rings is 1. The van der Waals surface area contributed by atoms with Gasteiger partial charge in [0.05, 0.1) is 5.69 Å². The van der Waals surface area contributed by atoms with E-state index in [0.717, 1.165) is 10.6 Å². The molecule has 2 aromatic rings. The molecule has 3 heteroatoms. The lowest BCUT2D eigenvalue weighted by atomic mass is 9.98. The first kappa shape index (κ1) is 12.0. The van der Waals surface area contributed by atoms with E-state index in [2.05, 4.69) is 24.9 Å². The summed E-state index contributed by atoms with van der Waals surface area (Å²) in [5, 5.41) is 10.5. The number of rotatable bonds is 2. The normalized spacial score (nSPS) is 16.6. The van der Waals surface area contributed by atoms with Gasteiger partial charge in [0.25, 0.3) is 0 Å². The van der Waals surface area contributed by atoms with Crippen LogP contribution in [0.1, 0.15) is 51.1 Å². The van der Waals surface area contributed by atoms with E-state index in [0.29, 0.717) is 0 Å². The van der Waals surface area contributed by atoms with Crippen LogP contribution in [0.3, 0.4) is 0 Å². The molecule has 0 radical (unpaired) electrons. The van der Waals surface area contributed by atoms with E-state index >= 15 is 0 Å². The monoisotopic (exact) mass is 261 g/mol. The van der Waals surface area contributed by atoms with Gasteiger partial charge in [0, 0.05) is 16.0 Å². The third-order valence-corrected chi connectivity index (χ3v) is 5.29. The molecule has 1 atom stereocenters. The van der Waals surface area contributed by atoms with Gasteiger partial charge in [-0.05, 0) is 62.3 Å². The first-order chi connectivity index (χ1) is 8.66. The Hall–Kier alpha value is -1.06. The van der Waals surface area contributed by atoms with Crippen molar-refractivity contribution in [2.45, 2.75) is 45.6 Å². The molecule has 0 fully saturated rings. The summed E-state index contributed by atoms with van der Waals surface area (Å²) in [5.74, 6) is 0. The number of aliphatic hydroxyl groups is 1. The van der Waals surface area contributed by atoms with Gasteiger partial charge in [0.15, 0.2) is 0 Å². The molecule has 2 heterocycles. The molecular formula is C15H19NOS. The molecule has 0 saturated heterocycles. The first-order valence-electron chi connectivity index (χ1n) is 6.61. The van der Waals surface area contributed by atoms with Crippen molar-refractivity contribution < 1.29 is 5.11 Å². The number of hydrogen-bond donors (Lipinski definition) is 2. The van der Waals surface area contributed by atoms with Gasteiger partial charge < -0.3 is 10.1 Å². The maximum absolute atomic E-state index is 10.5. The molecule has 0 amide bonds. The van der Waals surface area contributed by atoms with Crippen LogP contribution in [0.15, 0.2) is 12.3 Å². The summed E-state index contributed by atoms with van der Waals surface area (Å²) >= 11 is 1.79. The van der Waals surface area contributed by atoms with E-state index in [1.807, 2.05) is 6.20 Å². The van der Waals surface area contributed by atoms with Gasteiger partial charge in [0.1, 0.15) is 6.10 Å². The molecule has 96 valence electrons. The van der Waals surface area contributed by atoms with Crippen LogP contribution in [0.25, 0.3) is 0 Å². The van der Waals surface area contributed by atoms with Crippen LogP contribution in [0, 0.1) is 13.8 Å². The van der Waals surface area contributed by atoms with Crippen molar-refractivity contribution in [2.75, 3.05) is 0 Å².